The predicted molar refractivity (Wildman–Crippen MR) is 69.9 cm³/mol. The molecule has 0 unspecified atom stereocenters. The van der Waals surface area contributed by atoms with Gasteiger partial charge in [-0.1, -0.05) is 12.8 Å². The fourth-order valence-corrected chi connectivity index (χ4v) is 2.17. The Bertz CT molecular complexity index is 335. The molecule has 0 aromatic heterocycles. The van der Waals surface area contributed by atoms with Crippen LogP contribution >= 0.6 is 0 Å². The Hall–Kier alpha value is -1.20. The molecule has 1 atom stereocenters. The van der Waals surface area contributed by atoms with E-state index in [4.69, 9.17) is 14.9 Å². The maximum atomic E-state index is 11.7. The lowest BCUT2D eigenvalue weighted by molar-refractivity contribution is -0.137. The van der Waals surface area contributed by atoms with Crippen molar-refractivity contribution in [3.05, 3.63) is 11.6 Å². The van der Waals surface area contributed by atoms with Crippen LogP contribution in [0.3, 0.4) is 0 Å². The lowest BCUT2D eigenvalue weighted by atomic mass is 10.0. The van der Waals surface area contributed by atoms with Crippen molar-refractivity contribution < 1.29 is 24.5 Å². The lowest BCUT2D eigenvalue weighted by Crippen LogP contribution is -2.11. The van der Waals surface area contributed by atoms with Gasteiger partial charge < -0.3 is 14.9 Å². The van der Waals surface area contributed by atoms with Crippen LogP contribution in [0.2, 0.25) is 0 Å². The van der Waals surface area contributed by atoms with Crippen molar-refractivity contribution in [1.82, 2.24) is 0 Å². The molecule has 0 heterocycles. The molecule has 1 aliphatic carbocycles. The van der Waals surface area contributed by atoms with Gasteiger partial charge >= 0.3 is 5.97 Å². The molecule has 19 heavy (non-hydrogen) atoms. The zero-order valence-corrected chi connectivity index (χ0v) is 11.1. The number of carboxylic acid groups (broad SMARTS) is 1. The summed E-state index contributed by atoms with van der Waals surface area (Å²) in [6.07, 6.45) is 6.46. The van der Waals surface area contributed by atoms with E-state index < -0.39 is 5.97 Å². The van der Waals surface area contributed by atoms with E-state index in [1.165, 1.54) is 0 Å². The van der Waals surface area contributed by atoms with Crippen molar-refractivity contribution >= 4 is 11.8 Å². The van der Waals surface area contributed by atoms with Crippen LogP contribution in [0.15, 0.2) is 11.6 Å². The molecular formula is C14H22O5. The van der Waals surface area contributed by atoms with E-state index in [1.54, 1.807) is 0 Å². The van der Waals surface area contributed by atoms with Gasteiger partial charge in [0.1, 0.15) is 0 Å². The van der Waals surface area contributed by atoms with Crippen LogP contribution in [0.4, 0.5) is 0 Å². The minimum Gasteiger partial charge on any atom is -0.481 e. The topological polar surface area (TPSA) is 83.8 Å². The van der Waals surface area contributed by atoms with E-state index in [0.29, 0.717) is 12.8 Å². The zero-order chi connectivity index (χ0) is 14.1. The third-order valence-electron chi connectivity index (χ3n) is 3.14. The van der Waals surface area contributed by atoms with E-state index in [9.17, 15) is 9.59 Å². The standard InChI is InChI=1S/C14H22O5/c15-7-8-19-12-9-11(13(16)10-12)5-3-1-2-4-6-14(17)18/h9,12,15H,1-8,10H2,(H,17,18)/t12-/m1/s1. The molecule has 0 aromatic rings. The van der Waals surface area contributed by atoms with Gasteiger partial charge in [0.25, 0.3) is 0 Å². The lowest BCUT2D eigenvalue weighted by Gasteiger charge is -2.05. The number of unbranched alkanes of at least 4 members (excludes halogenated alkanes) is 3. The summed E-state index contributed by atoms with van der Waals surface area (Å²) in [5, 5.41) is 17.1. The molecular weight excluding hydrogens is 248 g/mol. The summed E-state index contributed by atoms with van der Waals surface area (Å²) >= 11 is 0. The third-order valence-corrected chi connectivity index (χ3v) is 3.14. The molecule has 0 spiro atoms. The number of rotatable bonds is 10. The van der Waals surface area contributed by atoms with E-state index in [2.05, 4.69) is 0 Å². The highest BCUT2D eigenvalue weighted by Gasteiger charge is 2.23. The molecule has 2 N–H and O–H groups in total. The first kappa shape index (κ1) is 15.9. The molecule has 0 saturated carbocycles. The normalized spacial score (nSPS) is 18.7. The first-order valence-corrected chi connectivity index (χ1v) is 6.81. The number of carbonyl (C=O) groups excluding carboxylic acids is 1. The number of ketones is 1. The summed E-state index contributed by atoms with van der Waals surface area (Å²) in [5.41, 5.74) is 0.821. The number of carboxylic acids is 1. The minimum absolute atomic E-state index is 0.0303. The van der Waals surface area contributed by atoms with Crippen LogP contribution < -0.4 is 0 Å². The van der Waals surface area contributed by atoms with Gasteiger partial charge in [-0.3, -0.25) is 9.59 Å². The Morgan fingerprint density at radius 2 is 2.05 bits per heavy atom. The smallest absolute Gasteiger partial charge is 0.303 e. The number of aliphatic carboxylic acids is 1. The highest BCUT2D eigenvalue weighted by Crippen LogP contribution is 2.22. The second kappa shape index (κ2) is 8.82. The molecule has 108 valence electrons. The van der Waals surface area contributed by atoms with Gasteiger partial charge in [-0.15, -0.1) is 0 Å². The SMILES string of the molecule is O=C(O)CCCCCCC1=C[C@@H](OCCO)CC1=O. The number of hydrogen-bond donors (Lipinski definition) is 2. The number of hydrogen-bond acceptors (Lipinski definition) is 4. The second-order valence-electron chi connectivity index (χ2n) is 4.76. The van der Waals surface area contributed by atoms with Crippen molar-refractivity contribution in [2.24, 2.45) is 0 Å². The first-order chi connectivity index (χ1) is 9.13. The van der Waals surface area contributed by atoms with Crippen LogP contribution in [0.25, 0.3) is 0 Å². The quantitative estimate of drug-likeness (QED) is 0.590. The summed E-state index contributed by atoms with van der Waals surface area (Å²) in [4.78, 5) is 22.0. The Balaban J connectivity index is 2.14. The van der Waals surface area contributed by atoms with Gasteiger partial charge in [-0.05, 0) is 30.9 Å². The Morgan fingerprint density at radius 3 is 2.74 bits per heavy atom. The molecule has 5 heteroatoms. The maximum Gasteiger partial charge on any atom is 0.303 e. The van der Waals surface area contributed by atoms with Crippen LogP contribution in [0.1, 0.15) is 44.9 Å². The number of Topliss-reactive ketones (excluding diaryl/α,β-unsaturated/α-hetero) is 1. The van der Waals surface area contributed by atoms with Crippen molar-refractivity contribution in [2.75, 3.05) is 13.2 Å². The van der Waals surface area contributed by atoms with Gasteiger partial charge in [0.15, 0.2) is 5.78 Å². The Labute approximate surface area is 113 Å². The molecule has 0 amide bonds. The van der Waals surface area contributed by atoms with Crippen LogP contribution in [-0.2, 0) is 14.3 Å². The molecule has 0 aromatic carbocycles. The van der Waals surface area contributed by atoms with E-state index in [-0.39, 0.29) is 31.5 Å². The molecule has 0 fully saturated rings. The number of aliphatic hydroxyl groups excluding tert-OH is 1. The second-order valence-corrected chi connectivity index (χ2v) is 4.76. The molecule has 1 aliphatic rings. The number of ether oxygens (including phenoxy) is 1. The third kappa shape index (κ3) is 6.50. The Kier molecular flexibility index (Phi) is 7.36. The summed E-state index contributed by atoms with van der Waals surface area (Å²) in [6, 6.07) is 0. The predicted octanol–water partition coefficient (Wildman–Crippen LogP) is 1.69. The van der Waals surface area contributed by atoms with Gasteiger partial charge in [-0.2, -0.15) is 0 Å². The molecule has 1 rings (SSSR count). The monoisotopic (exact) mass is 270 g/mol. The van der Waals surface area contributed by atoms with Crippen molar-refractivity contribution in [2.45, 2.75) is 51.0 Å². The first-order valence-electron chi connectivity index (χ1n) is 6.81. The number of aliphatic hydroxyl groups is 1. The van der Waals surface area contributed by atoms with Gasteiger partial charge in [0.05, 0.1) is 19.3 Å². The summed E-state index contributed by atoms with van der Waals surface area (Å²) in [6.45, 7) is 0.231. The van der Waals surface area contributed by atoms with Crippen molar-refractivity contribution in [1.29, 1.82) is 0 Å². The van der Waals surface area contributed by atoms with Crippen molar-refractivity contribution in [3.63, 3.8) is 0 Å². The van der Waals surface area contributed by atoms with E-state index >= 15 is 0 Å². The van der Waals surface area contributed by atoms with Gasteiger partial charge in [0, 0.05) is 12.8 Å². The van der Waals surface area contributed by atoms with Crippen LogP contribution in [0, 0.1) is 0 Å². The highest BCUT2D eigenvalue weighted by molar-refractivity contribution is 5.98. The molecule has 0 radical (unpaired) electrons. The minimum atomic E-state index is -0.752. The fourth-order valence-electron chi connectivity index (χ4n) is 2.17. The van der Waals surface area contributed by atoms with Crippen molar-refractivity contribution in [3.8, 4) is 0 Å². The maximum absolute atomic E-state index is 11.7. The summed E-state index contributed by atoms with van der Waals surface area (Å²) in [7, 11) is 0. The molecule has 0 aliphatic heterocycles. The zero-order valence-electron chi connectivity index (χ0n) is 11.1. The Morgan fingerprint density at radius 1 is 1.32 bits per heavy atom. The van der Waals surface area contributed by atoms with E-state index in [0.717, 1.165) is 31.3 Å². The average molecular weight is 270 g/mol. The molecule has 0 bridgehead atoms. The largest absolute Gasteiger partial charge is 0.481 e. The van der Waals surface area contributed by atoms with Gasteiger partial charge in [-0.25, -0.2) is 0 Å². The number of allylic oxidation sites excluding steroid dienone is 1. The summed E-state index contributed by atoms with van der Waals surface area (Å²) < 4.78 is 5.31. The average Bonchev–Trinajstić information content (AvgIpc) is 2.71. The van der Waals surface area contributed by atoms with E-state index in [1.807, 2.05) is 6.08 Å². The number of carbonyl (C=O) groups is 2. The summed E-state index contributed by atoms with van der Waals surface area (Å²) in [5.74, 6) is -0.619. The fraction of sp³-hybridized carbons (Fsp3) is 0.714. The molecule has 5 nitrogen and oxygen atoms in total. The molecule has 0 saturated heterocycles. The van der Waals surface area contributed by atoms with Crippen LogP contribution in [-0.4, -0.2) is 41.3 Å². The van der Waals surface area contributed by atoms with Crippen LogP contribution in [0.5, 0.6) is 0 Å². The van der Waals surface area contributed by atoms with Gasteiger partial charge in [0.2, 0.25) is 0 Å². The highest BCUT2D eigenvalue weighted by atomic mass is 16.5.